The Morgan fingerprint density at radius 1 is 1.31 bits per heavy atom. The molecule has 3 aromatic rings. The number of aryl methyl sites for hydroxylation is 2. The zero-order chi connectivity index (χ0) is 11.3. The van der Waals surface area contributed by atoms with Crippen LogP contribution in [0.1, 0.15) is 11.6 Å². The highest BCUT2D eigenvalue weighted by atomic mass is 16.3. The average molecular weight is 215 g/mol. The van der Waals surface area contributed by atoms with Crippen LogP contribution < -0.4 is 5.56 Å². The lowest BCUT2D eigenvalue weighted by molar-refractivity contribution is 0.561. The standard InChI is InChI=1S/C11H9N3O2/c1-6-5-9(15)14-4-3-8-10(11(14)12-6)16-7(2)13-8/h3-5H,1-2H3. The summed E-state index contributed by atoms with van der Waals surface area (Å²) in [5.41, 5.74) is 2.35. The third kappa shape index (κ3) is 1.14. The van der Waals surface area contributed by atoms with E-state index in [9.17, 15) is 4.79 Å². The lowest BCUT2D eigenvalue weighted by Crippen LogP contribution is -2.14. The number of hydrogen-bond donors (Lipinski definition) is 0. The molecule has 5 nitrogen and oxygen atoms in total. The maximum Gasteiger partial charge on any atom is 0.258 e. The normalized spacial score (nSPS) is 11.4. The van der Waals surface area contributed by atoms with Crippen molar-refractivity contribution in [1.82, 2.24) is 14.4 Å². The van der Waals surface area contributed by atoms with Crippen LogP contribution in [-0.2, 0) is 0 Å². The largest absolute Gasteiger partial charge is 0.437 e. The van der Waals surface area contributed by atoms with Crippen molar-refractivity contribution >= 4 is 16.7 Å². The maximum atomic E-state index is 11.7. The quantitative estimate of drug-likeness (QED) is 0.569. The minimum atomic E-state index is -0.113. The van der Waals surface area contributed by atoms with Crippen LogP contribution in [0.25, 0.3) is 16.7 Å². The van der Waals surface area contributed by atoms with Gasteiger partial charge in [0.15, 0.2) is 17.1 Å². The predicted octanol–water partition coefficient (Wildman–Crippen LogP) is 1.45. The number of aromatic nitrogens is 3. The van der Waals surface area contributed by atoms with E-state index in [1.807, 2.05) is 0 Å². The topological polar surface area (TPSA) is 60.4 Å². The SMILES string of the molecule is Cc1cc(=O)n2ccc3nc(C)oc3c2n1. The van der Waals surface area contributed by atoms with Gasteiger partial charge in [-0.05, 0) is 13.0 Å². The molecule has 0 N–H and O–H groups in total. The Balaban J connectivity index is 2.64. The number of nitrogens with zero attached hydrogens (tertiary/aromatic N) is 3. The second kappa shape index (κ2) is 2.91. The van der Waals surface area contributed by atoms with Gasteiger partial charge < -0.3 is 4.42 Å². The fourth-order valence-electron chi connectivity index (χ4n) is 1.77. The molecule has 5 heteroatoms. The van der Waals surface area contributed by atoms with E-state index in [-0.39, 0.29) is 5.56 Å². The van der Waals surface area contributed by atoms with E-state index < -0.39 is 0 Å². The number of hydrogen-bond acceptors (Lipinski definition) is 4. The minimum Gasteiger partial charge on any atom is -0.437 e. The van der Waals surface area contributed by atoms with E-state index in [1.165, 1.54) is 10.5 Å². The number of oxazole rings is 1. The van der Waals surface area contributed by atoms with Crippen LogP contribution in [0, 0.1) is 13.8 Å². The van der Waals surface area contributed by atoms with Gasteiger partial charge >= 0.3 is 0 Å². The summed E-state index contributed by atoms with van der Waals surface area (Å²) in [6.45, 7) is 3.55. The van der Waals surface area contributed by atoms with Gasteiger partial charge in [-0.1, -0.05) is 0 Å². The van der Waals surface area contributed by atoms with Crippen LogP contribution in [-0.4, -0.2) is 14.4 Å². The monoisotopic (exact) mass is 215 g/mol. The van der Waals surface area contributed by atoms with Gasteiger partial charge in [-0.2, -0.15) is 0 Å². The molecule has 80 valence electrons. The molecule has 0 spiro atoms. The summed E-state index contributed by atoms with van der Waals surface area (Å²) in [6.07, 6.45) is 1.66. The first-order valence-corrected chi connectivity index (χ1v) is 4.91. The van der Waals surface area contributed by atoms with Crippen molar-refractivity contribution < 1.29 is 4.42 Å². The van der Waals surface area contributed by atoms with Crippen molar-refractivity contribution in [3.63, 3.8) is 0 Å². The minimum absolute atomic E-state index is 0.113. The van der Waals surface area contributed by atoms with Crippen molar-refractivity contribution in [1.29, 1.82) is 0 Å². The molecule has 3 aromatic heterocycles. The van der Waals surface area contributed by atoms with Crippen LogP contribution >= 0.6 is 0 Å². The molecule has 0 bridgehead atoms. The Morgan fingerprint density at radius 2 is 2.12 bits per heavy atom. The molecular weight excluding hydrogens is 206 g/mol. The molecule has 0 aromatic carbocycles. The summed E-state index contributed by atoms with van der Waals surface area (Å²) >= 11 is 0. The summed E-state index contributed by atoms with van der Waals surface area (Å²) in [4.78, 5) is 20.2. The van der Waals surface area contributed by atoms with Crippen LogP contribution in [0.4, 0.5) is 0 Å². The fourth-order valence-corrected chi connectivity index (χ4v) is 1.77. The smallest absolute Gasteiger partial charge is 0.258 e. The molecule has 0 amide bonds. The van der Waals surface area contributed by atoms with Crippen LogP contribution in [0.15, 0.2) is 27.5 Å². The zero-order valence-corrected chi connectivity index (χ0v) is 8.89. The summed E-state index contributed by atoms with van der Waals surface area (Å²) in [7, 11) is 0. The van der Waals surface area contributed by atoms with Gasteiger partial charge in [0.05, 0.1) is 0 Å². The molecule has 0 atom stereocenters. The van der Waals surface area contributed by atoms with Gasteiger partial charge in [0.2, 0.25) is 0 Å². The molecule has 0 saturated carbocycles. The third-order valence-electron chi connectivity index (χ3n) is 2.43. The van der Waals surface area contributed by atoms with Crippen LogP contribution in [0.5, 0.6) is 0 Å². The highest BCUT2D eigenvalue weighted by Gasteiger charge is 2.09. The van der Waals surface area contributed by atoms with Gasteiger partial charge in [-0.15, -0.1) is 0 Å². The molecular formula is C11H9N3O2. The van der Waals surface area contributed by atoms with Crippen LogP contribution in [0.3, 0.4) is 0 Å². The third-order valence-corrected chi connectivity index (χ3v) is 2.43. The second-order valence-electron chi connectivity index (χ2n) is 3.69. The Bertz CT molecular complexity index is 755. The number of pyridine rings is 1. The Kier molecular flexibility index (Phi) is 1.65. The van der Waals surface area contributed by atoms with E-state index in [0.717, 1.165) is 5.52 Å². The molecule has 3 heterocycles. The molecule has 0 aliphatic heterocycles. The van der Waals surface area contributed by atoms with Gasteiger partial charge in [-0.3, -0.25) is 9.20 Å². The van der Waals surface area contributed by atoms with Gasteiger partial charge in [-0.25, -0.2) is 9.97 Å². The van der Waals surface area contributed by atoms with E-state index in [2.05, 4.69) is 9.97 Å². The molecule has 0 fully saturated rings. The molecule has 16 heavy (non-hydrogen) atoms. The highest BCUT2D eigenvalue weighted by molar-refractivity contribution is 5.85. The first kappa shape index (κ1) is 9.08. The first-order valence-electron chi connectivity index (χ1n) is 4.91. The van der Waals surface area contributed by atoms with E-state index >= 15 is 0 Å². The number of fused-ring (bicyclic) bond motifs is 3. The Hall–Kier alpha value is -2.17. The number of rotatable bonds is 0. The maximum absolute atomic E-state index is 11.7. The van der Waals surface area contributed by atoms with E-state index in [1.54, 1.807) is 26.1 Å². The lowest BCUT2D eigenvalue weighted by atomic mass is 10.3. The van der Waals surface area contributed by atoms with Crippen molar-refractivity contribution in [3.8, 4) is 0 Å². The fraction of sp³-hybridized carbons (Fsp3) is 0.182. The second-order valence-corrected chi connectivity index (χ2v) is 3.69. The lowest BCUT2D eigenvalue weighted by Gasteiger charge is -1.99. The van der Waals surface area contributed by atoms with Gasteiger partial charge in [0.25, 0.3) is 5.56 Å². The van der Waals surface area contributed by atoms with Crippen LogP contribution in [0.2, 0.25) is 0 Å². The first-order chi connectivity index (χ1) is 7.65. The Labute approximate surface area is 90.4 Å². The molecule has 0 saturated heterocycles. The highest BCUT2D eigenvalue weighted by Crippen LogP contribution is 2.18. The molecule has 3 rings (SSSR count). The Morgan fingerprint density at radius 3 is 2.94 bits per heavy atom. The van der Waals surface area contributed by atoms with Crippen molar-refractivity contribution in [3.05, 3.63) is 40.3 Å². The predicted molar refractivity (Wildman–Crippen MR) is 58.5 cm³/mol. The van der Waals surface area contributed by atoms with E-state index in [0.29, 0.717) is 22.8 Å². The molecule has 0 aliphatic rings. The van der Waals surface area contributed by atoms with Crippen molar-refractivity contribution in [2.24, 2.45) is 0 Å². The average Bonchev–Trinajstić information content (AvgIpc) is 2.58. The van der Waals surface area contributed by atoms with E-state index in [4.69, 9.17) is 4.42 Å². The summed E-state index contributed by atoms with van der Waals surface area (Å²) < 4.78 is 6.92. The molecule has 0 radical (unpaired) electrons. The molecule has 0 aliphatic carbocycles. The van der Waals surface area contributed by atoms with Crippen molar-refractivity contribution in [2.45, 2.75) is 13.8 Å². The summed E-state index contributed by atoms with van der Waals surface area (Å²) in [6, 6.07) is 3.24. The van der Waals surface area contributed by atoms with Gasteiger partial charge in [0, 0.05) is 24.9 Å². The summed E-state index contributed by atoms with van der Waals surface area (Å²) in [5, 5.41) is 0. The summed E-state index contributed by atoms with van der Waals surface area (Å²) in [5.74, 6) is 0.568. The molecule has 0 unspecified atom stereocenters. The van der Waals surface area contributed by atoms with Gasteiger partial charge in [0.1, 0.15) is 5.52 Å². The zero-order valence-electron chi connectivity index (χ0n) is 8.89. The van der Waals surface area contributed by atoms with Crippen molar-refractivity contribution in [2.75, 3.05) is 0 Å².